The van der Waals surface area contributed by atoms with E-state index >= 15 is 0 Å². The lowest BCUT2D eigenvalue weighted by atomic mass is 10.1. The van der Waals surface area contributed by atoms with Gasteiger partial charge in [-0.05, 0) is 6.07 Å². The van der Waals surface area contributed by atoms with Crippen LogP contribution in [-0.2, 0) is 0 Å². The monoisotopic (exact) mass is 244 g/mol. The number of nitrogens with one attached hydrogen (secondary N) is 1. The maximum atomic E-state index is 6.20. The second-order valence-electron chi connectivity index (χ2n) is 3.68. The zero-order valence-corrected chi connectivity index (χ0v) is 9.57. The first-order valence-electron chi connectivity index (χ1n) is 5.11. The van der Waals surface area contributed by atoms with Crippen LogP contribution in [0.1, 0.15) is 0 Å². The molecule has 3 aromatic rings. The molecule has 17 heavy (non-hydrogen) atoms. The Labute approximate surface area is 102 Å². The number of hydrogen-bond acceptors (Lipinski definition) is 3. The van der Waals surface area contributed by atoms with Gasteiger partial charge in [-0.2, -0.15) is 4.98 Å². The molecule has 0 spiro atoms. The predicted molar refractivity (Wildman–Crippen MR) is 68.7 cm³/mol. The van der Waals surface area contributed by atoms with Gasteiger partial charge in [-0.15, -0.1) is 0 Å². The Hall–Kier alpha value is -2.07. The van der Waals surface area contributed by atoms with Crippen molar-refractivity contribution >= 4 is 28.7 Å². The summed E-state index contributed by atoms with van der Waals surface area (Å²) in [5, 5.41) is 0.576. The average molecular weight is 245 g/mol. The Bertz CT molecular complexity index is 676. The molecule has 0 aliphatic carbocycles. The van der Waals surface area contributed by atoms with Crippen LogP contribution in [0.15, 0.2) is 36.4 Å². The maximum absolute atomic E-state index is 6.20. The molecule has 84 valence electrons. The van der Waals surface area contributed by atoms with Crippen LogP contribution in [0.5, 0.6) is 0 Å². The standard InChI is InChI=1S/C12H9ClN4/c13-8-6-9-11(17-12(14)15-9)16-10(8)7-4-2-1-3-5-7/h1-6H,(H3,14,15,16,17). The van der Waals surface area contributed by atoms with Gasteiger partial charge in [0.2, 0.25) is 0 Å². The van der Waals surface area contributed by atoms with E-state index in [1.165, 1.54) is 0 Å². The van der Waals surface area contributed by atoms with E-state index in [4.69, 9.17) is 17.3 Å². The number of anilines is 1. The molecule has 2 heterocycles. The van der Waals surface area contributed by atoms with Gasteiger partial charge >= 0.3 is 0 Å². The van der Waals surface area contributed by atoms with Crippen LogP contribution < -0.4 is 5.73 Å². The summed E-state index contributed by atoms with van der Waals surface area (Å²) in [6, 6.07) is 11.5. The van der Waals surface area contributed by atoms with Crippen LogP contribution in [0.4, 0.5) is 5.95 Å². The third-order valence-electron chi connectivity index (χ3n) is 2.49. The smallest absolute Gasteiger partial charge is 0.200 e. The quantitative estimate of drug-likeness (QED) is 0.692. The summed E-state index contributed by atoms with van der Waals surface area (Å²) in [6.07, 6.45) is 0. The van der Waals surface area contributed by atoms with Crippen molar-refractivity contribution in [2.75, 3.05) is 5.73 Å². The molecule has 2 aromatic heterocycles. The van der Waals surface area contributed by atoms with Crippen LogP contribution in [0.3, 0.4) is 0 Å². The first-order valence-corrected chi connectivity index (χ1v) is 5.49. The van der Waals surface area contributed by atoms with E-state index in [0.717, 1.165) is 11.1 Å². The molecule has 1 aromatic carbocycles. The second-order valence-corrected chi connectivity index (χ2v) is 4.09. The van der Waals surface area contributed by atoms with Crippen molar-refractivity contribution in [1.29, 1.82) is 0 Å². The Morgan fingerprint density at radius 2 is 1.88 bits per heavy atom. The first kappa shape index (κ1) is 10.1. The zero-order valence-electron chi connectivity index (χ0n) is 8.81. The van der Waals surface area contributed by atoms with Crippen LogP contribution in [0.25, 0.3) is 22.4 Å². The summed E-state index contributed by atoms with van der Waals surface area (Å²) in [5.41, 5.74) is 8.57. The first-order chi connectivity index (χ1) is 8.24. The molecular formula is C12H9ClN4. The van der Waals surface area contributed by atoms with E-state index in [0.29, 0.717) is 22.3 Å². The number of nitrogens with zero attached hydrogens (tertiary/aromatic N) is 2. The average Bonchev–Trinajstić information content (AvgIpc) is 2.68. The number of hydrogen-bond donors (Lipinski definition) is 2. The predicted octanol–water partition coefficient (Wildman–Crippen LogP) is 2.86. The summed E-state index contributed by atoms with van der Waals surface area (Å²) in [6.45, 7) is 0. The molecule has 0 radical (unpaired) electrons. The van der Waals surface area contributed by atoms with Gasteiger partial charge in [-0.1, -0.05) is 41.9 Å². The Morgan fingerprint density at radius 3 is 2.65 bits per heavy atom. The van der Waals surface area contributed by atoms with Gasteiger partial charge in [0, 0.05) is 5.56 Å². The number of nitrogen functional groups attached to an aromatic ring is 1. The Balaban J connectivity index is 2.26. The Kier molecular flexibility index (Phi) is 2.23. The SMILES string of the molecule is Nc1nc2nc(-c3ccccc3)c(Cl)cc2[nH]1. The van der Waals surface area contributed by atoms with Gasteiger partial charge < -0.3 is 10.7 Å². The normalized spacial score (nSPS) is 10.9. The fraction of sp³-hybridized carbons (Fsp3) is 0. The van der Waals surface area contributed by atoms with Crippen molar-refractivity contribution in [1.82, 2.24) is 15.0 Å². The number of rotatable bonds is 1. The lowest BCUT2D eigenvalue weighted by Crippen LogP contribution is -1.87. The van der Waals surface area contributed by atoms with Crippen molar-refractivity contribution in [3.05, 3.63) is 41.4 Å². The van der Waals surface area contributed by atoms with Crippen molar-refractivity contribution in [3.8, 4) is 11.3 Å². The number of halogens is 1. The molecule has 0 bridgehead atoms. The molecule has 0 saturated heterocycles. The second kappa shape index (κ2) is 3.75. The van der Waals surface area contributed by atoms with Gasteiger partial charge in [0.1, 0.15) is 0 Å². The highest BCUT2D eigenvalue weighted by Gasteiger charge is 2.09. The summed E-state index contributed by atoms with van der Waals surface area (Å²) < 4.78 is 0. The van der Waals surface area contributed by atoms with Gasteiger partial charge in [0.05, 0.1) is 16.2 Å². The van der Waals surface area contributed by atoms with Gasteiger partial charge in [0.25, 0.3) is 0 Å². The molecule has 0 aliphatic heterocycles. The maximum Gasteiger partial charge on any atom is 0.200 e. The topological polar surface area (TPSA) is 67.6 Å². The molecule has 0 amide bonds. The van der Waals surface area contributed by atoms with E-state index in [-0.39, 0.29) is 0 Å². The highest BCUT2D eigenvalue weighted by molar-refractivity contribution is 6.33. The van der Waals surface area contributed by atoms with Crippen molar-refractivity contribution in [2.24, 2.45) is 0 Å². The van der Waals surface area contributed by atoms with Crippen molar-refractivity contribution in [2.45, 2.75) is 0 Å². The fourth-order valence-corrected chi connectivity index (χ4v) is 2.00. The molecular weight excluding hydrogens is 236 g/mol. The molecule has 0 aliphatic rings. The molecule has 3 rings (SSSR count). The summed E-state index contributed by atoms with van der Waals surface area (Å²) in [5.74, 6) is 0.341. The number of imidazole rings is 1. The van der Waals surface area contributed by atoms with Gasteiger partial charge in [0.15, 0.2) is 11.6 Å². The number of nitrogens with two attached hydrogens (primary N) is 1. The van der Waals surface area contributed by atoms with Gasteiger partial charge in [-0.3, -0.25) is 0 Å². The summed E-state index contributed by atoms with van der Waals surface area (Å²) >= 11 is 6.20. The Morgan fingerprint density at radius 1 is 1.12 bits per heavy atom. The molecule has 0 atom stereocenters. The van der Waals surface area contributed by atoms with E-state index in [1.54, 1.807) is 6.07 Å². The van der Waals surface area contributed by atoms with Crippen LogP contribution >= 0.6 is 11.6 Å². The minimum absolute atomic E-state index is 0.341. The third-order valence-corrected chi connectivity index (χ3v) is 2.78. The highest BCUT2D eigenvalue weighted by Crippen LogP contribution is 2.28. The van der Waals surface area contributed by atoms with Crippen LogP contribution in [0, 0.1) is 0 Å². The zero-order chi connectivity index (χ0) is 11.8. The van der Waals surface area contributed by atoms with Crippen molar-refractivity contribution < 1.29 is 0 Å². The van der Waals surface area contributed by atoms with Gasteiger partial charge in [-0.25, -0.2) is 4.98 Å². The minimum atomic E-state index is 0.341. The highest BCUT2D eigenvalue weighted by atomic mass is 35.5. The summed E-state index contributed by atoms with van der Waals surface area (Å²) in [4.78, 5) is 11.4. The number of pyridine rings is 1. The van der Waals surface area contributed by atoms with E-state index in [2.05, 4.69) is 15.0 Å². The number of benzene rings is 1. The third kappa shape index (κ3) is 1.72. The molecule has 5 heteroatoms. The van der Waals surface area contributed by atoms with Crippen LogP contribution in [0.2, 0.25) is 5.02 Å². The number of H-pyrrole nitrogens is 1. The molecule has 3 N–H and O–H groups in total. The van der Waals surface area contributed by atoms with E-state index in [9.17, 15) is 0 Å². The number of fused-ring (bicyclic) bond motifs is 1. The summed E-state index contributed by atoms with van der Waals surface area (Å²) in [7, 11) is 0. The van der Waals surface area contributed by atoms with E-state index < -0.39 is 0 Å². The molecule has 0 saturated carbocycles. The minimum Gasteiger partial charge on any atom is -0.369 e. The largest absolute Gasteiger partial charge is 0.369 e. The van der Waals surface area contributed by atoms with Crippen LogP contribution in [-0.4, -0.2) is 15.0 Å². The molecule has 4 nitrogen and oxygen atoms in total. The number of aromatic amines is 1. The van der Waals surface area contributed by atoms with Crippen molar-refractivity contribution in [3.63, 3.8) is 0 Å². The molecule has 0 fully saturated rings. The fourth-order valence-electron chi connectivity index (χ4n) is 1.73. The van der Waals surface area contributed by atoms with E-state index in [1.807, 2.05) is 30.3 Å². The molecule has 0 unspecified atom stereocenters. The number of aromatic nitrogens is 3. The lowest BCUT2D eigenvalue weighted by molar-refractivity contribution is 1.31. The lowest BCUT2D eigenvalue weighted by Gasteiger charge is -2.02.